The molecule has 0 aliphatic heterocycles. The fraction of sp³-hybridized carbons (Fsp3) is 0.333. The van der Waals surface area contributed by atoms with Crippen LogP contribution in [0.25, 0.3) is 0 Å². The zero-order valence-corrected chi connectivity index (χ0v) is 8.72. The van der Waals surface area contributed by atoms with E-state index < -0.39 is 0 Å². The van der Waals surface area contributed by atoms with E-state index in [4.69, 9.17) is 10.5 Å². The van der Waals surface area contributed by atoms with Gasteiger partial charge in [0, 0.05) is 18.5 Å². The van der Waals surface area contributed by atoms with Gasteiger partial charge in [-0.15, -0.1) is 11.8 Å². The molecule has 0 spiro atoms. The second-order valence-electron chi connectivity index (χ2n) is 2.98. The van der Waals surface area contributed by atoms with Gasteiger partial charge < -0.3 is 10.5 Å². The highest BCUT2D eigenvalue weighted by molar-refractivity contribution is 5.33. The van der Waals surface area contributed by atoms with Crippen LogP contribution in [0.1, 0.15) is 18.9 Å². The lowest BCUT2D eigenvalue weighted by Crippen LogP contribution is -2.03. The molecule has 0 atom stereocenters. The molecule has 0 saturated carbocycles. The fourth-order valence-electron chi connectivity index (χ4n) is 1.19. The third-order valence-corrected chi connectivity index (χ3v) is 1.90. The molecule has 0 aliphatic carbocycles. The molecule has 3 heteroatoms. The van der Waals surface area contributed by atoms with Gasteiger partial charge in [0.2, 0.25) is 0 Å². The summed E-state index contributed by atoms with van der Waals surface area (Å²) in [6.07, 6.45) is 0.665. The van der Waals surface area contributed by atoms with Gasteiger partial charge in [-0.2, -0.15) is 0 Å². The second kappa shape index (κ2) is 6.05. The van der Waals surface area contributed by atoms with Crippen LogP contribution in [0.4, 0.5) is 4.39 Å². The topological polar surface area (TPSA) is 35.2 Å². The Bertz CT molecular complexity index is 379. The van der Waals surface area contributed by atoms with Crippen molar-refractivity contribution in [3.8, 4) is 17.6 Å². The summed E-state index contributed by atoms with van der Waals surface area (Å²) in [5.41, 5.74) is 6.16. The Labute approximate surface area is 89.2 Å². The molecule has 2 nitrogen and oxygen atoms in total. The van der Waals surface area contributed by atoms with E-state index in [9.17, 15) is 4.39 Å². The highest BCUT2D eigenvalue weighted by Crippen LogP contribution is 2.19. The van der Waals surface area contributed by atoms with Gasteiger partial charge in [-0.3, -0.25) is 0 Å². The molecule has 0 radical (unpaired) electrons. The van der Waals surface area contributed by atoms with Crippen LogP contribution in [0.2, 0.25) is 0 Å². The normalized spacial score (nSPS) is 9.27. The average Bonchev–Trinajstić information content (AvgIpc) is 2.26. The summed E-state index contributed by atoms with van der Waals surface area (Å²) in [4.78, 5) is 0. The molecular weight excluding hydrogens is 193 g/mol. The summed E-state index contributed by atoms with van der Waals surface area (Å²) in [6.45, 7) is 2.55. The maximum atomic E-state index is 12.8. The first-order chi connectivity index (χ1) is 7.27. The predicted octanol–water partition coefficient (Wildman–Crippen LogP) is 2.08. The van der Waals surface area contributed by atoms with Gasteiger partial charge >= 0.3 is 0 Å². The van der Waals surface area contributed by atoms with Crippen molar-refractivity contribution >= 4 is 0 Å². The van der Waals surface area contributed by atoms with Crippen LogP contribution in [0, 0.1) is 17.7 Å². The second-order valence-corrected chi connectivity index (χ2v) is 2.98. The van der Waals surface area contributed by atoms with Crippen LogP contribution in [-0.4, -0.2) is 6.61 Å². The van der Waals surface area contributed by atoms with Crippen molar-refractivity contribution in [1.29, 1.82) is 0 Å². The van der Waals surface area contributed by atoms with Crippen molar-refractivity contribution < 1.29 is 9.13 Å². The summed E-state index contributed by atoms with van der Waals surface area (Å²) in [5.74, 6) is 6.00. The zero-order valence-electron chi connectivity index (χ0n) is 8.72. The zero-order chi connectivity index (χ0) is 11.1. The molecule has 0 aromatic heterocycles. The van der Waals surface area contributed by atoms with Crippen molar-refractivity contribution in [2.24, 2.45) is 5.73 Å². The molecule has 0 bridgehead atoms. The van der Waals surface area contributed by atoms with Crippen LogP contribution in [-0.2, 0) is 6.54 Å². The fourth-order valence-corrected chi connectivity index (χ4v) is 1.19. The Kier molecular flexibility index (Phi) is 4.65. The quantitative estimate of drug-likeness (QED) is 0.606. The lowest BCUT2D eigenvalue weighted by molar-refractivity contribution is 0.323. The first-order valence-corrected chi connectivity index (χ1v) is 4.79. The molecule has 2 N–H and O–H groups in total. The third kappa shape index (κ3) is 3.61. The molecule has 15 heavy (non-hydrogen) atoms. The standard InChI is InChI=1S/C12H14FNO/c1-2-3-4-7-15-12-6-5-11(13)8-10(12)9-14/h5-6,8H,4,7,9,14H2,1H3. The molecule has 80 valence electrons. The van der Waals surface area contributed by atoms with Gasteiger partial charge in [0.25, 0.3) is 0 Å². The number of hydrogen-bond acceptors (Lipinski definition) is 2. The first-order valence-electron chi connectivity index (χ1n) is 4.79. The monoisotopic (exact) mass is 207 g/mol. The summed E-state index contributed by atoms with van der Waals surface area (Å²) in [5, 5.41) is 0. The van der Waals surface area contributed by atoms with E-state index in [1.807, 2.05) is 0 Å². The molecule has 0 aliphatic rings. The number of nitrogens with two attached hydrogens (primary N) is 1. The molecule has 0 saturated heterocycles. The van der Waals surface area contributed by atoms with Gasteiger partial charge in [0.15, 0.2) is 0 Å². The molecule has 0 fully saturated rings. The van der Waals surface area contributed by atoms with Crippen molar-refractivity contribution in [3.63, 3.8) is 0 Å². The van der Waals surface area contributed by atoms with Gasteiger partial charge in [0.1, 0.15) is 11.6 Å². The summed E-state index contributed by atoms with van der Waals surface area (Å²) in [7, 11) is 0. The van der Waals surface area contributed by atoms with Crippen LogP contribution < -0.4 is 10.5 Å². The predicted molar refractivity (Wildman–Crippen MR) is 57.9 cm³/mol. The molecule has 1 rings (SSSR count). The molecular formula is C12H14FNO. The largest absolute Gasteiger partial charge is 0.492 e. The van der Waals surface area contributed by atoms with E-state index in [2.05, 4.69) is 11.8 Å². The van der Waals surface area contributed by atoms with Crippen molar-refractivity contribution in [2.45, 2.75) is 19.9 Å². The van der Waals surface area contributed by atoms with Crippen LogP contribution in [0.3, 0.4) is 0 Å². The van der Waals surface area contributed by atoms with E-state index in [-0.39, 0.29) is 12.4 Å². The lowest BCUT2D eigenvalue weighted by atomic mass is 10.2. The molecule has 0 heterocycles. The van der Waals surface area contributed by atoms with Crippen LogP contribution >= 0.6 is 0 Å². The summed E-state index contributed by atoms with van der Waals surface area (Å²) >= 11 is 0. The smallest absolute Gasteiger partial charge is 0.124 e. The van der Waals surface area contributed by atoms with E-state index in [1.165, 1.54) is 12.1 Å². The molecule has 1 aromatic rings. The van der Waals surface area contributed by atoms with E-state index in [0.717, 1.165) is 0 Å². The highest BCUT2D eigenvalue weighted by atomic mass is 19.1. The Hall–Kier alpha value is -1.53. The Balaban J connectivity index is 2.62. The van der Waals surface area contributed by atoms with E-state index in [0.29, 0.717) is 24.3 Å². The maximum Gasteiger partial charge on any atom is 0.124 e. The van der Waals surface area contributed by atoms with Gasteiger partial charge in [-0.05, 0) is 25.1 Å². The van der Waals surface area contributed by atoms with E-state index in [1.54, 1.807) is 13.0 Å². The van der Waals surface area contributed by atoms with Crippen molar-refractivity contribution in [1.82, 2.24) is 0 Å². The number of rotatable bonds is 4. The number of halogens is 1. The minimum atomic E-state index is -0.295. The van der Waals surface area contributed by atoms with Crippen LogP contribution in [0.5, 0.6) is 5.75 Å². The molecule has 0 unspecified atom stereocenters. The summed E-state index contributed by atoms with van der Waals surface area (Å²) < 4.78 is 18.3. The first kappa shape index (κ1) is 11.5. The highest BCUT2D eigenvalue weighted by Gasteiger charge is 2.03. The Morgan fingerprint density at radius 3 is 2.93 bits per heavy atom. The van der Waals surface area contributed by atoms with Crippen LogP contribution in [0.15, 0.2) is 18.2 Å². The lowest BCUT2D eigenvalue weighted by Gasteiger charge is -2.08. The maximum absolute atomic E-state index is 12.8. The van der Waals surface area contributed by atoms with E-state index >= 15 is 0 Å². The Morgan fingerprint density at radius 2 is 2.27 bits per heavy atom. The minimum absolute atomic E-state index is 0.270. The number of hydrogen-bond donors (Lipinski definition) is 1. The van der Waals surface area contributed by atoms with Gasteiger partial charge in [-0.25, -0.2) is 4.39 Å². The SMILES string of the molecule is CC#CCCOc1ccc(F)cc1CN. The van der Waals surface area contributed by atoms with Crippen molar-refractivity contribution in [3.05, 3.63) is 29.6 Å². The summed E-state index contributed by atoms with van der Waals surface area (Å²) in [6, 6.07) is 4.34. The molecule has 1 aromatic carbocycles. The van der Waals surface area contributed by atoms with Gasteiger partial charge in [-0.1, -0.05) is 0 Å². The molecule has 0 amide bonds. The minimum Gasteiger partial charge on any atom is -0.492 e. The average molecular weight is 207 g/mol. The van der Waals surface area contributed by atoms with Crippen molar-refractivity contribution in [2.75, 3.05) is 6.61 Å². The third-order valence-electron chi connectivity index (χ3n) is 1.90. The number of ether oxygens (including phenoxy) is 1. The number of benzene rings is 1. The Morgan fingerprint density at radius 1 is 1.47 bits per heavy atom. The van der Waals surface area contributed by atoms with Gasteiger partial charge in [0.05, 0.1) is 6.61 Å².